The SMILES string of the molecule is C#CC(NS(=O)(=O)c1c(C)cccc1N)C(C)C. The third kappa shape index (κ3) is 3.03. The lowest BCUT2D eigenvalue weighted by atomic mass is 10.1. The Morgan fingerprint density at radius 1 is 1.39 bits per heavy atom. The van der Waals surface area contributed by atoms with E-state index in [1.54, 1.807) is 25.1 Å². The van der Waals surface area contributed by atoms with Crippen molar-refractivity contribution in [3.63, 3.8) is 0 Å². The van der Waals surface area contributed by atoms with Gasteiger partial charge in [0.25, 0.3) is 0 Å². The molecule has 1 unspecified atom stereocenters. The monoisotopic (exact) mass is 266 g/mol. The zero-order valence-corrected chi connectivity index (χ0v) is 11.6. The smallest absolute Gasteiger partial charge is 0.243 e. The zero-order valence-electron chi connectivity index (χ0n) is 10.8. The van der Waals surface area contributed by atoms with Crippen LogP contribution in [0, 0.1) is 25.2 Å². The molecular formula is C13H18N2O2S. The number of nitrogens with two attached hydrogens (primary N) is 1. The molecule has 0 aliphatic rings. The average Bonchev–Trinajstić information content (AvgIpc) is 2.25. The molecule has 4 nitrogen and oxygen atoms in total. The van der Waals surface area contributed by atoms with Crippen LogP contribution in [0.4, 0.5) is 5.69 Å². The first-order valence-electron chi connectivity index (χ1n) is 5.63. The molecule has 0 aliphatic carbocycles. The maximum Gasteiger partial charge on any atom is 0.243 e. The van der Waals surface area contributed by atoms with Gasteiger partial charge >= 0.3 is 0 Å². The van der Waals surface area contributed by atoms with Crippen LogP contribution in [0.3, 0.4) is 0 Å². The third-order valence-electron chi connectivity index (χ3n) is 2.64. The van der Waals surface area contributed by atoms with Gasteiger partial charge in [0.2, 0.25) is 10.0 Å². The summed E-state index contributed by atoms with van der Waals surface area (Å²) in [6.45, 7) is 5.41. The van der Waals surface area contributed by atoms with E-state index in [1.807, 2.05) is 13.8 Å². The van der Waals surface area contributed by atoms with Crippen LogP contribution < -0.4 is 10.5 Å². The van der Waals surface area contributed by atoms with Crippen LogP contribution in [0.15, 0.2) is 23.1 Å². The number of aryl methyl sites for hydroxylation is 1. The lowest BCUT2D eigenvalue weighted by molar-refractivity contribution is 0.518. The molecule has 1 rings (SSSR count). The van der Waals surface area contributed by atoms with Gasteiger partial charge in [0, 0.05) is 0 Å². The van der Waals surface area contributed by atoms with E-state index in [0.29, 0.717) is 5.56 Å². The number of benzene rings is 1. The van der Waals surface area contributed by atoms with Crippen LogP contribution in [0.25, 0.3) is 0 Å². The summed E-state index contributed by atoms with van der Waals surface area (Å²) in [5, 5.41) is 0. The van der Waals surface area contributed by atoms with Crippen molar-refractivity contribution in [1.29, 1.82) is 0 Å². The minimum atomic E-state index is -3.70. The van der Waals surface area contributed by atoms with Gasteiger partial charge in [-0.25, -0.2) is 8.42 Å². The molecule has 0 heterocycles. The van der Waals surface area contributed by atoms with E-state index in [0.717, 1.165) is 0 Å². The summed E-state index contributed by atoms with van der Waals surface area (Å²) in [6, 6.07) is 4.42. The fourth-order valence-corrected chi connectivity index (χ4v) is 3.29. The number of terminal acetylenes is 1. The van der Waals surface area contributed by atoms with Gasteiger partial charge in [-0.15, -0.1) is 6.42 Å². The largest absolute Gasteiger partial charge is 0.398 e. The third-order valence-corrected chi connectivity index (χ3v) is 4.30. The second-order valence-corrected chi connectivity index (χ2v) is 6.15. The van der Waals surface area contributed by atoms with Gasteiger partial charge in [0.15, 0.2) is 0 Å². The first-order valence-corrected chi connectivity index (χ1v) is 7.11. The molecule has 1 aromatic rings. The summed E-state index contributed by atoms with van der Waals surface area (Å²) in [5.74, 6) is 2.44. The van der Waals surface area contributed by atoms with E-state index in [4.69, 9.17) is 12.2 Å². The molecule has 0 bridgehead atoms. The Morgan fingerprint density at radius 3 is 2.44 bits per heavy atom. The summed E-state index contributed by atoms with van der Waals surface area (Å²) in [5.41, 5.74) is 6.55. The predicted molar refractivity (Wildman–Crippen MR) is 73.4 cm³/mol. The Bertz CT molecular complexity index is 551. The molecule has 1 aromatic carbocycles. The summed E-state index contributed by atoms with van der Waals surface area (Å²) >= 11 is 0. The molecule has 0 spiro atoms. The second-order valence-electron chi connectivity index (χ2n) is 4.50. The Balaban J connectivity index is 3.20. The van der Waals surface area contributed by atoms with Crippen molar-refractivity contribution >= 4 is 15.7 Å². The number of nitrogen functional groups attached to an aromatic ring is 1. The number of hydrogen-bond acceptors (Lipinski definition) is 3. The number of anilines is 1. The van der Waals surface area contributed by atoms with Gasteiger partial charge < -0.3 is 5.73 Å². The number of rotatable bonds is 4. The number of sulfonamides is 1. The highest BCUT2D eigenvalue weighted by atomic mass is 32.2. The van der Waals surface area contributed by atoms with Crippen molar-refractivity contribution in [2.75, 3.05) is 5.73 Å². The molecule has 3 N–H and O–H groups in total. The van der Waals surface area contributed by atoms with E-state index in [2.05, 4.69) is 10.6 Å². The predicted octanol–water partition coefficient (Wildman–Crippen LogP) is 1.51. The summed E-state index contributed by atoms with van der Waals surface area (Å²) < 4.78 is 27.0. The molecule has 0 amide bonds. The highest BCUT2D eigenvalue weighted by Gasteiger charge is 2.24. The molecule has 0 aromatic heterocycles. The van der Waals surface area contributed by atoms with Crippen molar-refractivity contribution in [2.45, 2.75) is 31.7 Å². The van der Waals surface area contributed by atoms with Gasteiger partial charge in [-0.05, 0) is 24.5 Å². The van der Waals surface area contributed by atoms with Crippen LogP contribution >= 0.6 is 0 Å². The normalized spacial score (nSPS) is 13.3. The van der Waals surface area contributed by atoms with E-state index in [9.17, 15) is 8.42 Å². The van der Waals surface area contributed by atoms with Crippen molar-refractivity contribution in [2.24, 2.45) is 5.92 Å². The maximum absolute atomic E-state index is 12.3. The minimum absolute atomic E-state index is 0.00928. The molecule has 18 heavy (non-hydrogen) atoms. The Hall–Kier alpha value is -1.51. The van der Waals surface area contributed by atoms with Crippen LogP contribution in [0.1, 0.15) is 19.4 Å². The van der Waals surface area contributed by atoms with Gasteiger partial charge in [0.05, 0.1) is 11.7 Å². The van der Waals surface area contributed by atoms with E-state index >= 15 is 0 Å². The Kier molecular flexibility index (Phi) is 4.38. The highest BCUT2D eigenvalue weighted by molar-refractivity contribution is 7.89. The van der Waals surface area contributed by atoms with Crippen molar-refractivity contribution < 1.29 is 8.42 Å². The summed E-state index contributed by atoms with van der Waals surface area (Å²) in [7, 11) is -3.70. The van der Waals surface area contributed by atoms with Crippen molar-refractivity contribution in [1.82, 2.24) is 4.72 Å². The molecule has 0 radical (unpaired) electrons. The van der Waals surface area contributed by atoms with Crippen LogP contribution in [-0.2, 0) is 10.0 Å². The minimum Gasteiger partial charge on any atom is -0.398 e. The van der Waals surface area contributed by atoms with Gasteiger partial charge in [-0.2, -0.15) is 4.72 Å². The molecule has 0 aliphatic heterocycles. The lowest BCUT2D eigenvalue weighted by Gasteiger charge is -2.18. The number of hydrogen-bond donors (Lipinski definition) is 2. The first-order chi connectivity index (χ1) is 8.29. The summed E-state index contributed by atoms with van der Waals surface area (Å²) in [6.07, 6.45) is 5.33. The van der Waals surface area contributed by atoms with Crippen LogP contribution in [0.2, 0.25) is 0 Å². The maximum atomic E-state index is 12.3. The van der Waals surface area contributed by atoms with E-state index < -0.39 is 16.1 Å². The second kappa shape index (κ2) is 5.42. The summed E-state index contributed by atoms with van der Waals surface area (Å²) in [4.78, 5) is 0.103. The van der Waals surface area contributed by atoms with Gasteiger partial charge in [-0.3, -0.25) is 0 Å². The van der Waals surface area contributed by atoms with E-state index in [-0.39, 0.29) is 16.5 Å². The van der Waals surface area contributed by atoms with Crippen molar-refractivity contribution in [3.8, 4) is 12.3 Å². The molecular weight excluding hydrogens is 248 g/mol. The average molecular weight is 266 g/mol. The van der Waals surface area contributed by atoms with Crippen LogP contribution in [-0.4, -0.2) is 14.5 Å². The quantitative estimate of drug-likeness (QED) is 0.641. The number of nitrogens with one attached hydrogen (secondary N) is 1. The fraction of sp³-hybridized carbons (Fsp3) is 0.385. The molecule has 1 atom stereocenters. The molecule has 0 fully saturated rings. The van der Waals surface area contributed by atoms with E-state index in [1.165, 1.54) is 0 Å². The standard InChI is InChI=1S/C13H18N2O2S/c1-5-12(9(2)3)15-18(16,17)13-10(4)7-6-8-11(13)14/h1,6-9,12,15H,14H2,2-4H3. The molecule has 0 saturated carbocycles. The highest BCUT2D eigenvalue weighted by Crippen LogP contribution is 2.22. The lowest BCUT2D eigenvalue weighted by Crippen LogP contribution is -2.37. The molecule has 0 saturated heterocycles. The van der Waals surface area contributed by atoms with Gasteiger partial charge in [0.1, 0.15) is 4.90 Å². The Morgan fingerprint density at radius 2 is 2.00 bits per heavy atom. The fourth-order valence-electron chi connectivity index (χ4n) is 1.63. The van der Waals surface area contributed by atoms with Crippen LogP contribution in [0.5, 0.6) is 0 Å². The van der Waals surface area contributed by atoms with Crippen molar-refractivity contribution in [3.05, 3.63) is 23.8 Å². The van der Waals surface area contributed by atoms with Gasteiger partial charge in [-0.1, -0.05) is 31.9 Å². The molecule has 5 heteroatoms. The zero-order chi connectivity index (χ0) is 13.9. The first kappa shape index (κ1) is 14.6. The Labute approximate surface area is 109 Å². The topological polar surface area (TPSA) is 72.2 Å². The molecule has 98 valence electrons.